The molecule has 0 bridgehead atoms. The van der Waals surface area contributed by atoms with Crippen molar-refractivity contribution < 1.29 is 9.53 Å². The minimum atomic E-state index is -0.415. The van der Waals surface area contributed by atoms with Crippen molar-refractivity contribution in [2.24, 2.45) is 0 Å². The van der Waals surface area contributed by atoms with Crippen molar-refractivity contribution in [1.29, 1.82) is 0 Å². The van der Waals surface area contributed by atoms with Crippen LogP contribution in [-0.4, -0.2) is 53.3 Å². The monoisotopic (exact) mass is 344 g/mol. The second kappa shape index (κ2) is 9.16. The lowest BCUT2D eigenvalue weighted by Gasteiger charge is -2.32. The van der Waals surface area contributed by atoms with Gasteiger partial charge in [-0.15, -0.1) is 0 Å². The summed E-state index contributed by atoms with van der Waals surface area (Å²) in [6.07, 6.45) is 7.61. The van der Waals surface area contributed by atoms with Crippen LogP contribution in [0.5, 0.6) is 0 Å². The van der Waals surface area contributed by atoms with Gasteiger partial charge >= 0.3 is 6.09 Å². The van der Waals surface area contributed by atoms with Crippen LogP contribution in [-0.2, 0) is 4.74 Å². The van der Waals surface area contributed by atoms with E-state index >= 15 is 0 Å². The first-order valence-electron chi connectivity index (χ1n) is 9.01. The van der Waals surface area contributed by atoms with Gasteiger partial charge in [0, 0.05) is 30.4 Å². The lowest BCUT2D eigenvalue weighted by atomic mass is 10.0. The van der Waals surface area contributed by atoms with Crippen molar-refractivity contribution in [3.63, 3.8) is 0 Å². The molecule has 1 aliphatic heterocycles. The first-order valence-corrected chi connectivity index (χ1v) is 10.2. The fraction of sp³-hybridized carbons (Fsp3) is 0.944. The van der Waals surface area contributed by atoms with Crippen LogP contribution in [0.25, 0.3) is 0 Å². The third-order valence-electron chi connectivity index (χ3n) is 4.81. The predicted octanol–water partition coefficient (Wildman–Crippen LogP) is 4.29. The highest BCUT2D eigenvalue weighted by atomic mass is 32.2. The average molecular weight is 345 g/mol. The molecule has 1 saturated heterocycles. The van der Waals surface area contributed by atoms with Gasteiger partial charge in [0.15, 0.2) is 0 Å². The molecule has 0 saturated carbocycles. The molecule has 5 heteroatoms. The SMILES string of the molecule is CCC(CC)(CNC1CCCN(C(=O)OC(C)(C)C)CC1)SC. The maximum atomic E-state index is 12.2. The number of likely N-dealkylation sites (tertiary alicyclic amines) is 1. The van der Waals surface area contributed by atoms with Gasteiger partial charge in [0.2, 0.25) is 0 Å². The van der Waals surface area contributed by atoms with Gasteiger partial charge in [-0.25, -0.2) is 4.79 Å². The molecule has 23 heavy (non-hydrogen) atoms. The molecular formula is C18H36N2O2S. The fourth-order valence-electron chi connectivity index (χ4n) is 3.00. The number of nitrogens with zero attached hydrogens (tertiary/aromatic N) is 1. The van der Waals surface area contributed by atoms with Crippen molar-refractivity contribution in [3.05, 3.63) is 0 Å². The molecular weight excluding hydrogens is 308 g/mol. The summed E-state index contributed by atoms with van der Waals surface area (Å²) in [5.74, 6) is 0. The second-order valence-electron chi connectivity index (χ2n) is 7.57. The summed E-state index contributed by atoms with van der Waals surface area (Å²) in [7, 11) is 0. The van der Waals surface area contributed by atoms with Crippen molar-refractivity contribution in [2.75, 3.05) is 25.9 Å². The molecule has 1 rings (SSSR count). The minimum Gasteiger partial charge on any atom is -0.444 e. The highest BCUT2D eigenvalue weighted by Crippen LogP contribution is 2.30. The van der Waals surface area contributed by atoms with E-state index in [2.05, 4.69) is 25.4 Å². The quantitative estimate of drug-likeness (QED) is 0.780. The van der Waals surface area contributed by atoms with E-state index in [4.69, 9.17) is 4.74 Å². The van der Waals surface area contributed by atoms with E-state index in [9.17, 15) is 4.79 Å². The van der Waals surface area contributed by atoms with Gasteiger partial charge in [0.05, 0.1) is 0 Å². The van der Waals surface area contributed by atoms with Crippen LogP contribution in [0.15, 0.2) is 0 Å². The Morgan fingerprint density at radius 2 is 1.87 bits per heavy atom. The van der Waals surface area contributed by atoms with Crippen molar-refractivity contribution in [2.45, 2.75) is 83.1 Å². The van der Waals surface area contributed by atoms with Gasteiger partial charge < -0.3 is 15.0 Å². The van der Waals surface area contributed by atoms with Crippen molar-refractivity contribution in [1.82, 2.24) is 10.2 Å². The van der Waals surface area contributed by atoms with Gasteiger partial charge in [-0.2, -0.15) is 11.8 Å². The van der Waals surface area contributed by atoms with Gasteiger partial charge in [-0.3, -0.25) is 0 Å². The lowest BCUT2D eigenvalue weighted by molar-refractivity contribution is 0.0256. The van der Waals surface area contributed by atoms with Crippen LogP contribution in [0, 0.1) is 0 Å². The summed E-state index contributed by atoms with van der Waals surface area (Å²) >= 11 is 1.98. The van der Waals surface area contributed by atoms with Crippen molar-refractivity contribution in [3.8, 4) is 0 Å². The summed E-state index contributed by atoms with van der Waals surface area (Å²) in [4.78, 5) is 14.1. The third-order valence-corrected chi connectivity index (χ3v) is 6.40. The molecule has 1 unspecified atom stereocenters. The molecule has 1 heterocycles. The molecule has 0 spiro atoms. The molecule has 1 amide bonds. The Labute approximate surface area is 147 Å². The van der Waals surface area contributed by atoms with Crippen molar-refractivity contribution >= 4 is 17.9 Å². The molecule has 0 aliphatic carbocycles. The van der Waals surface area contributed by atoms with E-state index < -0.39 is 5.60 Å². The Kier molecular flexibility index (Phi) is 8.22. The Hall–Kier alpha value is -0.420. The molecule has 4 nitrogen and oxygen atoms in total. The standard InChI is InChI=1S/C18H36N2O2S/c1-7-18(8-2,23-6)14-19-15-10-9-12-20(13-11-15)16(21)22-17(3,4)5/h15,19H,7-14H2,1-6H3. The second-order valence-corrected chi connectivity index (χ2v) is 8.84. The first-order chi connectivity index (χ1) is 10.7. The number of rotatable bonds is 6. The number of carbonyl (C=O) groups is 1. The zero-order chi connectivity index (χ0) is 17.5. The van der Waals surface area contributed by atoms with Crippen LogP contribution >= 0.6 is 11.8 Å². The third kappa shape index (κ3) is 6.92. The van der Waals surface area contributed by atoms with E-state index in [0.29, 0.717) is 10.8 Å². The van der Waals surface area contributed by atoms with Crippen LogP contribution < -0.4 is 5.32 Å². The number of carbonyl (C=O) groups excluding carboxylic acids is 1. The molecule has 0 aromatic rings. The summed E-state index contributed by atoms with van der Waals surface area (Å²) in [5, 5.41) is 3.76. The maximum absolute atomic E-state index is 12.2. The predicted molar refractivity (Wildman–Crippen MR) is 100 cm³/mol. The summed E-state index contributed by atoms with van der Waals surface area (Å²) < 4.78 is 5.84. The Morgan fingerprint density at radius 1 is 1.22 bits per heavy atom. The minimum absolute atomic E-state index is 0.168. The topological polar surface area (TPSA) is 41.6 Å². The maximum Gasteiger partial charge on any atom is 0.410 e. The molecule has 1 fully saturated rings. The summed E-state index contributed by atoms with van der Waals surface area (Å²) in [5.41, 5.74) is -0.415. The first kappa shape index (κ1) is 20.6. The Bertz CT molecular complexity index is 356. The number of hydrogen-bond donors (Lipinski definition) is 1. The number of nitrogens with one attached hydrogen (secondary N) is 1. The molecule has 1 aliphatic rings. The smallest absolute Gasteiger partial charge is 0.410 e. The Morgan fingerprint density at radius 3 is 2.39 bits per heavy atom. The van der Waals surface area contributed by atoms with Gasteiger partial charge in [0.1, 0.15) is 5.60 Å². The van der Waals surface area contributed by atoms with Gasteiger partial charge in [-0.1, -0.05) is 13.8 Å². The van der Waals surface area contributed by atoms with E-state index in [1.165, 1.54) is 12.8 Å². The molecule has 0 aromatic heterocycles. The average Bonchev–Trinajstić information content (AvgIpc) is 2.73. The van der Waals surface area contributed by atoms with Crippen LogP contribution in [0.4, 0.5) is 4.79 Å². The Balaban J connectivity index is 2.48. The zero-order valence-corrected chi connectivity index (χ0v) is 16.7. The molecule has 1 N–H and O–H groups in total. The highest BCUT2D eigenvalue weighted by Gasteiger charge is 2.28. The largest absolute Gasteiger partial charge is 0.444 e. The summed E-state index contributed by atoms with van der Waals surface area (Å²) in [6, 6.07) is 0.507. The van der Waals surface area contributed by atoms with E-state index in [-0.39, 0.29) is 6.09 Å². The van der Waals surface area contributed by atoms with Gasteiger partial charge in [0.25, 0.3) is 0 Å². The van der Waals surface area contributed by atoms with E-state index in [1.807, 2.05) is 37.4 Å². The molecule has 136 valence electrons. The lowest BCUT2D eigenvalue weighted by Crippen LogP contribution is -2.42. The van der Waals surface area contributed by atoms with Crippen LogP contribution in [0.1, 0.15) is 66.7 Å². The van der Waals surface area contributed by atoms with Gasteiger partial charge in [-0.05, 0) is 59.1 Å². The van der Waals surface area contributed by atoms with E-state index in [1.54, 1.807) is 0 Å². The number of hydrogen-bond acceptors (Lipinski definition) is 4. The normalized spacial score (nSPS) is 20.3. The number of amides is 1. The molecule has 1 atom stereocenters. The molecule has 0 radical (unpaired) electrons. The van der Waals surface area contributed by atoms with Crippen LogP contribution in [0.2, 0.25) is 0 Å². The number of ether oxygens (including phenoxy) is 1. The highest BCUT2D eigenvalue weighted by molar-refractivity contribution is 8.00. The fourth-order valence-corrected chi connectivity index (χ4v) is 3.81. The van der Waals surface area contributed by atoms with E-state index in [0.717, 1.165) is 38.9 Å². The number of thioether (sulfide) groups is 1. The molecule has 0 aromatic carbocycles. The van der Waals surface area contributed by atoms with Crippen LogP contribution in [0.3, 0.4) is 0 Å². The zero-order valence-electron chi connectivity index (χ0n) is 15.9. The summed E-state index contributed by atoms with van der Waals surface area (Å²) in [6.45, 7) is 13.0.